The van der Waals surface area contributed by atoms with Gasteiger partial charge in [0, 0.05) is 18.0 Å². The molecule has 0 radical (unpaired) electrons. The Balaban J connectivity index is 2.06. The summed E-state index contributed by atoms with van der Waals surface area (Å²) in [6.45, 7) is 5.24. The van der Waals surface area contributed by atoms with E-state index in [1.807, 2.05) is 31.4 Å². The summed E-state index contributed by atoms with van der Waals surface area (Å²) in [4.78, 5) is 24.0. The van der Waals surface area contributed by atoms with Gasteiger partial charge in [0.2, 0.25) is 5.91 Å². The summed E-state index contributed by atoms with van der Waals surface area (Å²) in [5.41, 5.74) is 0. The van der Waals surface area contributed by atoms with Crippen molar-refractivity contribution in [3.05, 3.63) is 22.4 Å². The average molecular weight is 283 g/mol. The molecule has 6 heteroatoms. The number of hydrogen-bond acceptors (Lipinski definition) is 3. The molecule has 0 unspecified atom stereocenters. The van der Waals surface area contributed by atoms with E-state index < -0.39 is 0 Å². The van der Waals surface area contributed by atoms with Gasteiger partial charge in [0.1, 0.15) is 0 Å². The first-order valence-electron chi connectivity index (χ1n) is 6.38. The van der Waals surface area contributed by atoms with Gasteiger partial charge in [0.15, 0.2) is 0 Å². The van der Waals surface area contributed by atoms with Gasteiger partial charge in [-0.05, 0) is 23.8 Å². The smallest absolute Gasteiger partial charge is 0.315 e. The van der Waals surface area contributed by atoms with Crippen molar-refractivity contribution in [1.29, 1.82) is 0 Å². The van der Waals surface area contributed by atoms with E-state index in [1.54, 1.807) is 11.3 Å². The van der Waals surface area contributed by atoms with Crippen LogP contribution in [-0.4, -0.2) is 31.6 Å². The first kappa shape index (κ1) is 15.5. The van der Waals surface area contributed by atoms with Gasteiger partial charge in [-0.2, -0.15) is 0 Å². The summed E-state index contributed by atoms with van der Waals surface area (Å²) in [5, 5.41) is 9.99. The minimum atomic E-state index is -0.309. The highest BCUT2D eigenvalue weighted by molar-refractivity contribution is 7.09. The summed E-state index contributed by atoms with van der Waals surface area (Å²) in [5.74, 6) is 0.241. The van der Waals surface area contributed by atoms with Crippen LogP contribution in [-0.2, 0) is 11.2 Å². The van der Waals surface area contributed by atoms with E-state index >= 15 is 0 Å². The highest BCUT2D eigenvalue weighted by Crippen LogP contribution is 2.07. The lowest BCUT2D eigenvalue weighted by molar-refractivity contribution is -0.120. The van der Waals surface area contributed by atoms with E-state index in [0.29, 0.717) is 19.0 Å². The van der Waals surface area contributed by atoms with E-state index in [1.165, 1.54) is 4.88 Å². The van der Waals surface area contributed by atoms with Crippen molar-refractivity contribution in [2.75, 3.05) is 19.6 Å². The van der Waals surface area contributed by atoms with Crippen LogP contribution in [0.25, 0.3) is 0 Å². The molecule has 0 fully saturated rings. The molecule has 19 heavy (non-hydrogen) atoms. The highest BCUT2D eigenvalue weighted by Gasteiger charge is 2.05. The SMILES string of the molecule is CC(C)CNC(=O)CNC(=O)NCCc1cccs1. The second-order valence-corrected chi connectivity index (χ2v) is 5.67. The summed E-state index contributed by atoms with van der Waals surface area (Å²) < 4.78 is 0. The fourth-order valence-electron chi connectivity index (χ4n) is 1.36. The van der Waals surface area contributed by atoms with E-state index in [2.05, 4.69) is 16.0 Å². The molecule has 0 aliphatic carbocycles. The molecule has 0 spiro atoms. The van der Waals surface area contributed by atoms with Gasteiger partial charge in [-0.1, -0.05) is 19.9 Å². The van der Waals surface area contributed by atoms with Crippen LogP contribution >= 0.6 is 11.3 Å². The van der Waals surface area contributed by atoms with Gasteiger partial charge < -0.3 is 16.0 Å². The summed E-state index contributed by atoms with van der Waals surface area (Å²) >= 11 is 1.67. The third kappa shape index (κ3) is 7.46. The Kier molecular flexibility index (Phi) is 6.95. The molecule has 106 valence electrons. The van der Waals surface area contributed by atoms with E-state index in [-0.39, 0.29) is 18.5 Å². The Morgan fingerprint density at radius 1 is 1.26 bits per heavy atom. The number of amides is 3. The Morgan fingerprint density at radius 2 is 2.05 bits per heavy atom. The lowest BCUT2D eigenvalue weighted by Crippen LogP contribution is -2.43. The van der Waals surface area contributed by atoms with Crippen molar-refractivity contribution in [1.82, 2.24) is 16.0 Å². The van der Waals surface area contributed by atoms with Crippen molar-refractivity contribution >= 4 is 23.3 Å². The molecule has 1 heterocycles. The maximum absolute atomic E-state index is 11.4. The zero-order chi connectivity index (χ0) is 14.1. The van der Waals surface area contributed by atoms with Crippen LogP contribution in [0.1, 0.15) is 18.7 Å². The van der Waals surface area contributed by atoms with Crippen molar-refractivity contribution in [3.63, 3.8) is 0 Å². The van der Waals surface area contributed by atoms with Crippen LogP contribution in [0.2, 0.25) is 0 Å². The standard InChI is InChI=1S/C13H21N3O2S/c1-10(2)8-15-12(17)9-16-13(18)14-6-5-11-4-3-7-19-11/h3-4,7,10H,5-6,8-9H2,1-2H3,(H,15,17)(H2,14,16,18). The number of carbonyl (C=O) groups is 2. The molecule has 0 saturated carbocycles. The minimum absolute atomic E-state index is 0.0115. The van der Waals surface area contributed by atoms with E-state index in [9.17, 15) is 9.59 Å². The van der Waals surface area contributed by atoms with Crippen LogP contribution < -0.4 is 16.0 Å². The Morgan fingerprint density at radius 3 is 2.68 bits per heavy atom. The molecule has 0 atom stereocenters. The first-order valence-corrected chi connectivity index (χ1v) is 7.26. The molecule has 0 saturated heterocycles. The molecule has 3 amide bonds. The molecular formula is C13H21N3O2S. The molecule has 0 aliphatic rings. The zero-order valence-corrected chi connectivity index (χ0v) is 12.2. The lowest BCUT2D eigenvalue weighted by atomic mass is 10.2. The van der Waals surface area contributed by atoms with Gasteiger partial charge in [-0.15, -0.1) is 11.3 Å². The lowest BCUT2D eigenvalue weighted by Gasteiger charge is -2.09. The third-order valence-corrected chi connectivity index (χ3v) is 3.29. The van der Waals surface area contributed by atoms with Gasteiger partial charge in [-0.3, -0.25) is 4.79 Å². The number of thiophene rings is 1. The topological polar surface area (TPSA) is 70.2 Å². The summed E-state index contributed by atoms with van der Waals surface area (Å²) in [6.07, 6.45) is 0.810. The van der Waals surface area contributed by atoms with Crippen LogP contribution in [0.4, 0.5) is 4.79 Å². The number of rotatable bonds is 7. The first-order chi connectivity index (χ1) is 9.08. The monoisotopic (exact) mass is 283 g/mol. The second kappa shape index (κ2) is 8.53. The maximum Gasteiger partial charge on any atom is 0.315 e. The fourth-order valence-corrected chi connectivity index (χ4v) is 2.07. The molecule has 0 aliphatic heterocycles. The zero-order valence-electron chi connectivity index (χ0n) is 11.4. The molecule has 1 rings (SSSR count). The van der Waals surface area contributed by atoms with Crippen LogP contribution in [0.15, 0.2) is 17.5 Å². The average Bonchev–Trinajstić information content (AvgIpc) is 2.87. The van der Waals surface area contributed by atoms with Crippen molar-refractivity contribution in [2.24, 2.45) is 5.92 Å². The van der Waals surface area contributed by atoms with Crippen LogP contribution in [0, 0.1) is 5.92 Å². The number of urea groups is 1. The normalized spacial score (nSPS) is 10.3. The molecule has 3 N–H and O–H groups in total. The van der Waals surface area contributed by atoms with Gasteiger partial charge in [0.25, 0.3) is 0 Å². The number of hydrogen-bond donors (Lipinski definition) is 3. The fraction of sp³-hybridized carbons (Fsp3) is 0.538. The van der Waals surface area contributed by atoms with Crippen molar-refractivity contribution < 1.29 is 9.59 Å². The van der Waals surface area contributed by atoms with Crippen molar-refractivity contribution in [3.8, 4) is 0 Å². The Labute approximate surface area is 117 Å². The summed E-state index contributed by atoms with van der Waals surface area (Å²) in [7, 11) is 0. The van der Waals surface area contributed by atoms with Gasteiger partial charge in [0.05, 0.1) is 6.54 Å². The largest absolute Gasteiger partial charge is 0.354 e. The van der Waals surface area contributed by atoms with Crippen LogP contribution in [0.3, 0.4) is 0 Å². The maximum atomic E-state index is 11.4. The molecule has 0 bridgehead atoms. The van der Waals surface area contributed by atoms with E-state index in [0.717, 1.165) is 6.42 Å². The number of nitrogens with one attached hydrogen (secondary N) is 3. The Bertz CT molecular complexity index is 391. The predicted octanol–water partition coefficient (Wildman–Crippen LogP) is 1.36. The minimum Gasteiger partial charge on any atom is -0.354 e. The third-order valence-electron chi connectivity index (χ3n) is 2.35. The van der Waals surface area contributed by atoms with Crippen molar-refractivity contribution in [2.45, 2.75) is 20.3 Å². The molecule has 0 aromatic carbocycles. The highest BCUT2D eigenvalue weighted by atomic mass is 32.1. The Hall–Kier alpha value is -1.56. The van der Waals surface area contributed by atoms with Gasteiger partial charge in [-0.25, -0.2) is 4.79 Å². The molecule has 1 aromatic rings. The van der Waals surface area contributed by atoms with Gasteiger partial charge >= 0.3 is 6.03 Å². The second-order valence-electron chi connectivity index (χ2n) is 4.64. The van der Waals surface area contributed by atoms with Crippen LogP contribution in [0.5, 0.6) is 0 Å². The van der Waals surface area contributed by atoms with E-state index in [4.69, 9.17) is 0 Å². The quantitative estimate of drug-likeness (QED) is 0.707. The molecule has 5 nitrogen and oxygen atoms in total. The summed E-state index contributed by atoms with van der Waals surface area (Å²) in [6, 6.07) is 3.71. The molecular weight excluding hydrogens is 262 g/mol. The molecule has 1 aromatic heterocycles. The number of carbonyl (C=O) groups excluding carboxylic acids is 2. The predicted molar refractivity (Wildman–Crippen MR) is 77.3 cm³/mol.